The van der Waals surface area contributed by atoms with Gasteiger partial charge in [0.15, 0.2) is 11.5 Å². The lowest BCUT2D eigenvalue weighted by atomic mass is 10.3. The monoisotopic (exact) mass is 370 g/mol. The van der Waals surface area contributed by atoms with Crippen LogP contribution in [-0.2, 0) is 0 Å². The van der Waals surface area contributed by atoms with Crippen molar-refractivity contribution >= 4 is 28.9 Å². The van der Waals surface area contributed by atoms with Crippen molar-refractivity contribution in [3.05, 3.63) is 41.7 Å². The van der Waals surface area contributed by atoms with E-state index in [1.807, 2.05) is 17.5 Å². The fraction of sp³-hybridized carbons (Fsp3) is 0.294. The highest BCUT2D eigenvalue weighted by molar-refractivity contribution is 7.13. The number of hydrogen-bond donors (Lipinski definition) is 1. The molecule has 1 amide bonds. The lowest BCUT2D eigenvalue weighted by Crippen LogP contribution is -2.45. The third kappa shape index (κ3) is 3.58. The molecule has 134 valence electrons. The van der Waals surface area contributed by atoms with Crippen LogP contribution in [0.5, 0.6) is 0 Å². The van der Waals surface area contributed by atoms with E-state index in [9.17, 15) is 4.79 Å². The molecule has 3 aromatic rings. The maximum absolute atomic E-state index is 12.3. The third-order valence-electron chi connectivity index (χ3n) is 4.19. The summed E-state index contributed by atoms with van der Waals surface area (Å²) in [5.74, 6) is 0.900. The Morgan fingerprint density at radius 1 is 1.23 bits per heavy atom. The summed E-state index contributed by atoms with van der Waals surface area (Å²) in [6.45, 7) is 3.76. The molecule has 1 N–H and O–H groups in total. The fourth-order valence-electron chi connectivity index (χ4n) is 2.67. The number of carbonyl (C=O) groups is 1. The van der Waals surface area contributed by atoms with Crippen LogP contribution in [0.4, 0.5) is 11.6 Å². The molecule has 3 aromatic heterocycles. The van der Waals surface area contributed by atoms with Crippen molar-refractivity contribution in [2.24, 2.45) is 0 Å². The van der Waals surface area contributed by atoms with Gasteiger partial charge in [0, 0.05) is 32.2 Å². The Bertz CT molecular complexity index is 869. The van der Waals surface area contributed by atoms with Gasteiger partial charge in [0.1, 0.15) is 0 Å². The number of carbonyl (C=O) groups excluding carboxylic acids is 1. The zero-order valence-electron chi connectivity index (χ0n) is 14.3. The molecular weight excluding hydrogens is 352 g/mol. The van der Waals surface area contributed by atoms with Crippen LogP contribution in [0.3, 0.4) is 0 Å². The molecule has 4 rings (SSSR count). The fourth-order valence-corrected chi connectivity index (χ4v) is 3.34. The maximum atomic E-state index is 12.3. The summed E-state index contributed by atoms with van der Waals surface area (Å²) in [7, 11) is 2.10. The Balaban J connectivity index is 1.40. The van der Waals surface area contributed by atoms with Gasteiger partial charge in [-0.15, -0.1) is 11.3 Å². The number of aromatic nitrogens is 3. The van der Waals surface area contributed by atoms with Crippen LogP contribution >= 0.6 is 11.3 Å². The molecule has 1 aliphatic rings. The van der Waals surface area contributed by atoms with E-state index in [-0.39, 0.29) is 11.6 Å². The van der Waals surface area contributed by atoms with Crippen LogP contribution in [0.15, 0.2) is 40.5 Å². The van der Waals surface area contributed by atoms with Gasteiger partial charge in [0.05, 0.1) is 23.0 Å². The van der Waals surface area contributed by atoms with Gasteiger partial charge in [-0.05, 0) is 18.5 Å². The molecule has 8 nitrogen and oxygen atoms in total. The molecule has 0 atom stereocenters. The minimum Gasteiger partial charge on any atom is -0.355 e. The lowest BCUT2D eigenvalue weighted by Gasteiger charge is -2.32. The molecule has 0 saturated carbocycles. The van der Waals surface area contributed by atoms with Crippen LogP contribution in [-0.4, -0.2) is 59.2 Å². The second kappa shape index (κ2) is 7.22. The smallest absolute Gasteiger partial charge is 0.277 e. The summed E-state index contributed by atoms with van der Waals surface area (Å²) in [5.41, 5.74) is 0.741. The zero-order chi connectivity index (χ0) is 17.9. The topological polar surface area (TPSA) is 87.4 Å². The predicted molar refractivity (Wildman–Crippen MR) is 99.5 cm³/mol. The molecule has 0 spiro atoms. The highest BCUT2D eigenvalue weighted by Crippen LogP contribution is 2.25. The summed E-state index contributed by atoms with van der Waals surface area (Å²) in [5, 5.41) is 8.52. The van der Waals surface area contributed by atoms with Crippen LogP contribution in [0.1, 0.15) is 10.5 Å². The van der Waals surface area contributed by atoms with Crippen molar-refractivity contribution in [3.8, 4) is 10.6 Å². The summed E-state index contributed by atoms with van der Waals surface area (Å²) in [6, 6.07) is 5.46. The number of nitrogens with one attached hydrogen (secondary N) is 1. The minimum atomic E-state index is -0.354. The van der Waals surface area contributed by atoms with E-state index in [0.717, 1.165) is 31.1 Å². The van der Waals surface area contributed by atoms with E-state index < -0.39 is 0 Å². The second-order valence-electron chi connectivity index (χ2n) is 6.07. The van der Waals surface area contributed by atoms with Crippen molar-refractivity contribution in [2.75, 3.05) is 43.4 Å². The SMILES string of the molecule is CN1CCN(c2ncc(NC(=O)c3cc(-c4cccs4)on3)cn2)CC1. The Morgan fingerprint density at radius 2 is 2.00 bits per heavy atom. The number of amides is 1. The number of hydrogen-bond acceptors (Lipinski definition) is 8. The maximum Gasteiger partial charge on any atom is 0.277 e. The van der Waals surface area contributed by atoms with Gasteiger partial charge in [-0.3, -0.25) is 4.79 Å². The average Bonchev–Trinajstić information content (AvgIpc) is 3.35. The number of rotatable bonds is 4. The number of likely N-dealkylation sites (N-methyl/N-ethyl adjacent to an activating group) is 1. The highest BCUT2D eigenvalue weighted by Gasteiger charge is 2.17. The van der Waals surface area contributed by atoms with Gasteiger partial charge in [-0.2, -0.15) is 0 Å². The van der Waals surface area contributed by atoms with E-state index in [1.165, 1.54) is 11.3 Å². The van der Waals surface area contributed by atoms with Gasteiger partial charge >= 0.3 is 0 Å². The average molecular weight is 370 g/mol. The molecule has 9 heteroatoms. The Kier molecular flexibility index (Phi) is 4.63. The molecule has 0 radical (unpaired) electrons. The first kappa shape index (κ1) is 16.7. The van der Waals surface area contributed by atoms with Crippen LogP contribution in [0.25, 0.3) is 10.6 Å². The third-order valence-corrected chi connectivity index (χ3v) is 5.07. The van der Waals surface area contributed by atoms with Crippen molar-refractivity contribution in [3.63, 3.8) is 0 Å². The molecule has 26 heavy (non-hydrogen) atoms. The first-order valence-electron chi connectivity index (χ1n) is 8.26. The number of thiophene rings is 1. The normalized spacial score (nSPS) is 15.2. The number of anilines is 2. The summed E-state index contributed by atoms with van der Waals surface area (Å²) < 4.78 is 5.23. The standard InChI is InChI=1S/C17H18N6O2S/c1-22-4-6-23(7-5-22)17-18-10-12(11-19-17)20-16(24)13-9-14(25-21-13)15-3-2-8-26-15/h2-3,8-11H,4-7H2,1H3,(H,20,24). The van der Waals surface area contributed by atoms with E-state index in [4.69, 9.17) is 4.52 Å². The molecule has 4 heterocycles. The van der Waals surface area contributed by atoms with E-state index in [2.05, 4.69) is 37.3 Å². The van der Waals surface area contributed by atoms with Crippen molar-refractivity contribution in [1.29, 1.82) is 0 Å². The molecular formula is C17H18N6O2S. The van der Waals surface area contributed by atoms with E-state index in [0.29, 0.717) is 17.4 Å². The summed E-state index contributed by atoms with van der Waals surface area (Å²) >= 11 is 1.53. The van der Waals surface area contributed by atoms with Gasteiger partial charge in [0.2, 0.25) is 5.95 Å². The summed E-state index contributed by atoms with van der Waals surface area (Å²) in [6.07, 6.45) is 3.22. The molecule has 1 saturated heterocycles. The van der Waals surface area contributed by atoms with Crippen LogP contribution in [0, 0.1) is 0 Å². The molecule has 1 fully saturated rings. The molecule has 0 aliphatic carbocycles. The van der Waals surface area contributed by atoms with Crippen molar-refractivity contribution < 1.29 is 9.32 Å². The first-order chi connectivity index (χ1) is 12.7. The largest absolute Gasteiger partial charge is 0.355 e. The zero-order valence-corrected chi connectivity index (χ0v) is 15.1. The van der Waals surface area contributed by atoms with E-state index in [1.54, 1.807) is 18.5 Å². The van der Waals surface area contributed by atoms with Crippen molar-refractivity contribution in [1.82, 2.24) is 20.0 Å². The molecule has 0 unspecified atom stereocenters. The Morgan fingerprint density at radius 3 is 2.69 bits per heavy atom. The van der Waals surface area contributed by atoms with Crippen LogP contribution in [0.2, 0.25) is 0 Å². The molecule has 0 aromatic carbocycles. The van der Waals surface area contributed by atoms with Gasteiger partial charge in [-0.1, -0.05) is 11.2 Å². The lowest BCUT2D eigenvalue weighted by molar-refractivity contribution is 0.101. The predicted octanol–water partition coefficient (Wildman–Crippen LogP) is 2.20. The van der Waals surface area contributed by atoms with Gasteiger partial charge in [-0.25, -0.2) is 9.97 Å². The van der Waals surface area contributed by atoms with Crippen molar-refractivity contribution in [2.45, 2.75) is 0 Å². The quantitative estimate of drug-likeness (QED) is 0.753. The highest BCUT2D eigenvalue weighted by atomic mass is 32.1. The number of piperazine rings is 1. The minimum absolute atomic E-state index is 0.219. The van der Waals surface area contributed by atoms with Crippen LogP contribution < -0.4 is 10.2 Å². The Hall–Kier alpha value is -2.78. The molecule has 1 aliphatic heterocycles. The molecule has 0 bridgehead atoms. The summed E-state index contributed by atoms with van der Waals surface area (Å²) in [4.78, 5) is 26.4. The van der Waals surface area contributed by atoms with Gasteiger partial charge in [0.25, 0.3) is 5.91 Å². The Labute approximate surface area is 154 Å². The first-order valence-corrected chi connectivity index (χ1v) is 9.14. The van der Waals surface area contributed by atoms with Gasteiger partial charge < -0.3 is 19.6 Å². The van der Waals surface area contributed by atoms with E-state index >= 15 is 0 Å². The number of nitrogens with zero attached hydrogens (tertiary/aromatic N) is 5. The second-order valence-corrected chi connectivity index (χ2v) is 7.02.